The van der Waals surface area contributed by atoms with Crippen molar-refractivity contribution >= 4 is 22.4 Å². The molecule has 2 heterocycles. The van der Waals surface area contributed by atoms with Crippen LogP contribution in [0.1, 0.15) is 31.9 Å². The second-order valence-corrected chi connectivity index (χ2v) is 7.04. The molecule has 0 saturated carbocycles. The van der Waals surface area contributed by atoms with E-state index in [0.717, 1.165) is 62.4 Å². The van der Waals surface area contributed by atoms with Gasteiger partial charge in [-0.1, -0.05) is 0 Å². The fraction of sp³-hybridized carbons (Fsp3) is 0.765. The second-order valence-electron chi connectivity index (χ2n) is 6.20. The van der Waals surface area contributed by atoms with Crippen LogP contribution in [-0.4, -0.2) is 64.1 Å². The van der Waals surface area contributed by atoms with Crippen LogP contribution >= 0.6 is 11.3 Å². The minimum absolute atomic E-state index is 0.303. The number of aromatic nitrogens is 1. The van der Waals surface area contributed by atoms with E-state index in [9.17, 15) is 0 Å². The van der Waals surface area contributed by atoms with Gasteiger partial charge in [0.2, 0.25) is 0 Å². The Morgan fingerprint density at radius 2 is 2.36 bits per heavy atom. The van der Waals surface area contributed by atoms with Crippen LogP contribution in [0.5, 0.6) is 0 Å². The standard InChI is InChI=1S/C17H31N5O2S/c1-4-18-16(20-11-14-13-25-17(21-14)22(2)3)19-8-6-9-23-12-15-7-5-10-24-15/h13,15H,4-12H2,1-3H3,(H2,18,19,20). The molecule has 2 N–H and O–H groups in total. The van der Waals surface area contributed by atoms with E-state index in [2.05, 4.69) is 32.9 Å². The summed E-state index contributed by atoms with van der Waals surface area (Å²) in [6.07, 6.45) is 3.53. The third kappa shape index (κ3) is 7.58. The Hall–Kier alpha value is -1.38. The maximum absolute atomic E-state index is 5.68. The van der Waals surface area contributed by atoms with Crippen LogP contribution in [0.25, 0.3) is 0 Å². The summed E-state index contributed by atoms with van der Waals surface area (Å²) in [4.78, 5) is 11.2. The first-order valence-electron chi connectivity index (χ1n) is 9.02. The Kier molecular flexibility index (Phi) is 8.99. The zero-order valence-corrected chi connectivity index (χ0v) is 16.4. The third-order valence-corrected chi connectivity index (χ3v) is 4.81. The van der Waals surface area contributed by atoms with Crippen LogP contribution in [-0.2, 0) is 16.0 Å². The molecule has 1 unspecified atom stereocenters. The number of nitrogens with zero attached hydrogens (tertiary/aromatic N) is 3. The fourth-order valence-electron chi connectivity index (χ4n) is 2.45. The molecular formula is C17H31N5O2S. The molecule has 1 fully saturated rings. The van der Waals surface area contributed by atoms with Gasteiger partial charge < -0.3 is 25.0 Å². The van der Waals surface area contributed by atoms with E-state index in [1.807, 2.05) is 19.0 Å². The summed E-state index contributed by atoms with van der Waals surface area (Å²) in [5, 5.41) is 9.67. The first-order chi connectivity index (χ1) is 12.2. The Labute approximate surface area is 154 Å². The summed E-state index contributed by atoms with van der Waals surface area (Å²) in [6.45, 7) is 6.65. The van der Waals surface area contributed by atoms with E-state index in [0.29, 0.717) is 19.3 Å². The van der Waals surface area contributed by atoms with Crippen molar-refractivity contribution in [2.75, 3.05) is 51.9 Å². The van der Waals surface area contributed by atoms with Crippen molar-refractivity contribution in [3.63, 3.8) is 0 Å². The SMILES string of the molecule is CCNC(=NCc1csc(N(C)C)n1)NCCCOCC1CCCO1. The quantitative estimate of drug-likeness (QED) is 0.373. The third-order valence-electron chi connectivity index (χ3n) is 3.75. The molecule has 0 aliphatic carbocycles. The van der Waals surface area contributed by atoms with Crippen molar-refractivity contribution in [1.82, 2.24) is 15.6 Å². The number of nitrogens with one attached hydrogen (secondary N) is 2. The van der Waals surface area contributed by atoms with Crippen molar-refractivity contribution in [3.05, 3.63) is 11.1 Å². The van der Waals surface area contributed by atoms with Gasteiger partial charge in [-0.2, -0.15) is 0 Å². The largest absolute Gasteiger partial charge is 0.379 e. The van der Waals surface area contributed by atoms with Gasteiger partial charge in [-0.3, -0.25) is 0 Å². The van der Waals surface area contributed by atoms with Gasteiger partial charge >= 0.3 is 0 Å². The topological polar surface area (TPSA) is 71.0 Å². The number of thiazole rings is 1. The summed E-state index contributed by atoms with van der Waals surface area (Å²) in [6, 6.07) is 0. The van der Waals surface area contributed by atoms with Crippen molar-refractivity contribution < 1.29 is 9.47 Å². The van der Waals surface area contributed by atoms with E-state index in [1.54, 1.807) is 11.3 Å². The molecule has 1 aromatic rings. The van der Waals surface area contributed by atoms with Crippen LogP contribution in [0.3, 0.4) is 0 Å². The molecule has 0 spiro atoms. The van der Waals surface area contributed by atoms with Gasteiger partial charge in [-0.05, 0) is 26.2 Å². The van der Waals surface area contributed by atoms with Gasteiger partial charge in [0.15, 0.2) is 11.1 Å². The van der Waals surface area contributed by atoms with Gasteiger partial charge in [0.1, 0.15) is 0 Å². The summed E-state index contributed by atoms with van der Waals surface area (Å²) in [5.74, 6) is 0.820. The molecule has 1 aliphatic rings. The summed E-state index contributed by atoms with van der Waals surface area (Å²) in [7, 11) is 4.00. The molecule has 1 atom stereocenters. The fourth-order valence-corrected chi connectivity index (χ4v) is 3.20. The lowest BCUT2D eigenvalue weighted by molar-refractivity contribution is 0.0168. The van der Waals surface area contributed by atoms with Crippen LogP contribution in [0, 0.1) is 0 Å². The number of rotatable bonds is 10. The molecule has 1 saturated heterocycles. The molecule has 1 aromatic heterocycles. The summed E-state index contributed by atoms with van der Waals surface area (Å²) in [5.41, 5.74) is 0.991. The summed E-state index contributed by atoms with van der Waals surface area (Å²) < 4.78 is 11.2. The molecule has 142 valence electrons. The van der Waals surface area contributed by atoms with Crippen LogP contribution in [0.4, 0.5) is 5.13 Å². The van der Waals surface area contributed by atoms with E-state index >= 15 is 0 Å². The Morgan fingerprint density at radius 3 is 3.04 bits per heavy atom. The minimum Gasteiger partial charge on any atom is -0.379 e. The molecule has 0 amide bonds. The molecule has 0 aromatic carbocycles. The number of anilines is 1. The van der Waals surface area contributed by atoms with Crippen molar-refractivity contribution in [2.24, 2.45) is 4.99 Å². The van der Waals surface area contributed by atoms with Gasteiger partial charge in [0, 0.05) is 45.8 Å². The predicted octanol–water partition coefficient (Wildman–Crippen LogP) is 1.85. The predicted molar refractivity (Wildman–Crippen MR) is 104 cm³/mol. The van der Waals surface area contributed by atoms with E-state index < -0.39 is 0 Å². The number of ether oxygens (including phenoxy) is 2. The lowest BCUT2D eigenvalue weighted by Crippen LogP contribution is -2.38. The highest BCUT2D eigenvalue weighted by atomic mass is 32.1. The van der Waals surface area contributed by atoms with Crippen molar-refractivity contribution in [3.8, 4) is 0 Å². The molecule has 0 bridgehead atoms. The summed E-state index contributed by atoms with van der Waals surface area (Å²) >= 11 is 1.64. The molecule has 2 rings (SSSR count). The average molecular weight is 370 g/mol. The number of hydrogen-bond donors (Lipinski definition) is 2. The Morgan fingerprint density at radius 1 is 1.48 bits per heavy atom. The lowest BCUT2D eigenvalue weighted by atomic mass is 10.2. The molecule has 25 heavy (non-hydrogen) atoms. The molecule has 7 nitrogen and oxygen atoms in total. The van der Waals surface area contributed by atoms with Gasteiger partial charge in [0.05, 0.1) is 24.9 Å². The Balaban J connectivity index is 1.64. The molecule has 8 heteroatoms. The number of hydrogen-bond acceptors (Lipinski definition) is 6. The second kappa shape index (κ2) is 11.3. The molecule has 1 aliphatic heterocycles. The van der Waals surface area contributed by atoms with Gasteiger partial charge in [0.25, 0.3) is 0 Å². The first kappa shape index (κ1) is 19.9. The zero-order chi connectivity index (χ0) is 17.9. The highest BCUT2D eigenvalue weighted by molar-refractivity contribution is 7.13. The van der Waals surface area contributed by atoms with E-state index in [1.165, 1.54) is 0 Å². The van der Waals surface area contributed by atoms with Crippen molar-refractivity contribution in [2.45, 2.75) is 38.8 Å². The van der Waals surface area contributed by atoms with Crippen LogP contribution in [0.2, 0.25) is 0 Å². The van der Waals surface area contributed by atoms with Crippen LogP contribution in [0.15, 0.2) is 10.4 Å². The lowest BCUT2D eigenvalue weighted by Gasteiger charge is -2.12. The molecule has 0 radical (unpaired) electrons. The monoisotopic (exact) mass is 369 g/mol. The average Bonchev–Trinajstić information content (AvgIpc) is 3.27. The van der Waals surface area contributed by atoms with Gasteiger partial charge in [-0.15, -0.1) is 11.3 Å². The Bertz CT molecular complexity index is 515. The normalized spacial score (nSPS) is 17.7. The highest BCUT2D eigenvalue weighted by Gasteiger charge is 2.14. The minimum atomic E-state index is 0.303. The number of guanidine groups is 1. The van der Waals surface area contributed by atoms with Crippen molar-refractivity contribution in [1.29, 1.82) is 0 Å². The van der Waals surface area contributed by atoms with E-state index in [-0.39, 0.29) is 0 Å². The first-order valence-corrected chi connectivity index (χ1v) is 9.90. The molecular weight excluding hydrogens is 338 g/mol. The highest BCUT2D eigenvalue weighted by Crippen LogP contribution is 2.18. The van der Waals surface area contributed by atoms with Gasteiger partial charge in [-0.25, -0.2) is 9.98 Å². The smallest absolute Gasteiger partial charge is 0.191 e. The number of aliphatic imine (C=N–C) groups is 1. The maximum Gasteiger partial charge on any atom is 0.191 e. The van der Waals surface area contributed by atoms with Crippen LogP contribution < -0.4 is 15.5 Å². The van der Waals surface area contributed by atoms with E-state index in [4.69, 9.17) is 9.47 Å². The maximum atomic E-state index is 5.68. The zero-order valence-electron chi connectivity index (χ0n) is 15.6.